The minimum Gasteiger partial charge on any atom is -0.378 e. The van der Waals surface area contributed by atoms with Gasteiger partial charge in [-0.05, 0) is 37.5 Å². The van der Waals surface area contributed by atoms with Crippen LogP contribution in [-0.2, 0) is 9.47 Å². The zero-order valence-electron chi connectivity index (χ0n) is 11.9. The highest BCUT2D eigenvalue weighted by Crippen LogP contribution is 2.33. The Bertz CT molecular complexity index is 442. The van der Waals surface area contributed by atoms with Crippen molar-refractivity contribution >= 4 is 11.6 Å². The summed E-state index contributed by atoms with van der Waals surface area (Å²) in [7, 11) is 0. The van der Waals surface area contributed by atoms with E-state index in [-0.39, 0.29) is 5.60 Å². The summed E-state index contributed by atoms with van der Waals surface area (Å²) in [5, 5.41) is 4.51. The van der Waals surface area contributed by atoms with Gasteiger partial charge in [-0.1, -0.05) is 23.7 Å². The first-order valence-corrected chi connectivity index (χ1v) is 7.78. The standard InChI is InChI=1S/C16H22ClNO2/c1-12(13-2-4-14(17)5-3-13)18-15-6-8-20-16(10-15)7-9-19-11-16/h2-5,12,15,18H,6-11H2,1H3/t12-,15?,16?/m1/s1. The molecule has 0 amide bonds. The van der Waals surface area contributed by atoms with E-state index in [0.717, 1.165) is 44.1 Å². The fourth-order valence-corrected chi connectivity index (χ4v) is 3.36. The molecule has 1 aromatic rings. The SMILES string of the molecule is C[C@@H](NC1CCOC2(CCOC2)C1)c1ccc(Cl)cc1. The highest BCUT2D eigenvalue weighted by Gasteiger charge is 2.41. The van der Waals surface area contributed by atoms with Crippen LogP contribution in [0.4, 0.5) is 0 Å². The highest BCUT2D eigenvalue weighted by molar-refractivity contribution is 6.30. The molecule has 2 fully saturated rings. The van der Waals surface area contributed by atoms with E-state index < -0.39 is 0 Å². The molecule has 0 radical (unpaired) electrons. The maximum atomic E-state index is 5.98. The van der Waals surface area contributed by atoms with Gasteiger partial charge in [-0.3, -0.25) is 0 Å². The van der Waals surface area contributed by atoms with Crippen molar-refractivity contribution in [3.63, 3.8) is 0 Å². The number of benzene rings is 1. The number of hydrogen-bond donors (Lipinski definition) is 1. The Morgan fingerprint density at radius 2 is 2.10 bits per heavy atom. The van der Waals surface area contributed by atoms with Gasteiger partial charge in [0.2, 0.25) is 0 Å². The van der Waals surface area contributed by atoms with E-state index in [2.05, 4.69) is 24.4 Å². The van der Waals surface area contributed by atoms with E-state index in [9.17, 15) is 0 Å². The van der Waals surface area contributed by atoms with Crippen molar-refractivity contribution in [3.8, 4) is 0 Å². The van der Waals surface area contributed by atoms with Crippen LogP contribution in [0, 0.1) is 0 Å². The van der Waals surface area contributed by atoms with Crippen molar-refractivity contribution in [2.75, 3.05) is 19.8 Å². The van der Waals surface area contributed by atoms with E-state index in [1.165, 1.54) is 5.56 Å². The van der Waals surface area contributed by atoms with Gasteiger partial charge in [-0.15, -0.1) is 0 Å². The summed E-state index contributed by atoms with van der Waals surface area (Å²) < 4.78 is 11.5. The summed E-state index contributed by atoms with van der Waals surface area (Å²) in [6, 6.07) is 8.91. The molecule has 1 N–H and O–H groups in total. The summed E-state index contributed by atoms with van der Waals surface area (Å²) in [6.07, 6.45) is 3.14. The lowest BCUT2D eigenvalue weighted by Gasteiger charge is -2.38. The zero-order chi connectivity index (χ0) is 14.0. The average molecular weight is 296 g/mol. The molecule has 1 aromatic carbocycles. The molecule has 2 aliphatic rings. The summed E-state index contributed by atoms with van der Waals surface area (Å²) in [6.45, 7) is 4.62. The van der Waals surface area contributed by atoms with Gasteiger partial charge in [0.15, 0.2) is 0 Å². The molecule has 3 atom stereocenters. The number of ether oxygens (including phenoxy) is 2. The fourth-order valence-electron chi connectivity index (χ4n) is 3.23. The molecule has 3 nitrogen and oxygen atoms in total. The maximum Gasteiger partial charge on any atom is 0.0951 e. The highest BCUT2D eigenvalue weighted by atomic mass is 35.5. The van der Waals surface area contributed by atoms with Gasteiger partial charge in [-0.25, -0.2) is 0 Å². The van der Waals surface area contributed by atoms with Crippen LogP contribution in [0.2, 0.25) is 5.02 Å². The van der Waals surface area contributed by atoms with Crippen molar-refractivity contribution in [1.29, 1.82) is 0 Å². The first kappa shape index (κ1) is 14.3. The molecule has 0 bridgehead atoms. The first-order valence-electron chi connectivity index (χ1n) is 7.40. The molecular formula is C16H22ClNO2. The minimum absolute atomic E-state index is 0.0321. The molecule has 2 heterocycles. The number of rotatable bonds is 3. The molecule has 2 saturated heterocycles. The van der Waals surface area contributed by atoms with Gasteiger partial charge in [0.05, 0.1) is 12.2 Å². The van der Waals surface area contributed by atoms with E-state index in [1.807, 2.05) is 12.1 Å². The van der Waals surface area contributed by atoms with Crippen LogP contribution in [-0.4, -0.2) is 31.5 Å². The quantitative estimate of drug-likeness (QED) is 0.928. The third kappa shape index (κ3) is 3.17. The lowest BCUT2D eigenvalue weighted by molar-refractivity contribution is -0.0902. The van der Waals surface area contributed by atoms with Gasteiger partial charge in [0.1, 0.15) is 0 Å². The van der Waals surface area contributed by atoms with Crippen LogP contribution in [0.15, 0.2) is 24.3 Å². The van der Waals surface area contributed by atoms with E-state index in [0.29, 0.717) is 12.1 Å². The third-order valence-electron chi connectivity index (χ3n) is 4.42. The Hall–Kier alpha value is -0.610. The van der Waals surface area contributed by atoms with Gasteiger partial charge in [-0.2, -0.15) is 0 Å². The Morgan fingerprint density at radius 3 is 2.80 bits per heavy atom. The van der Waals surface area contributed by atoms with Gasteiger partial charge in [0, 0.05) is 36.7 Å². The summed E-state index contributed by atoms with van der Waals surface area (Å²) >= 11 is 5.94. The summed E-state index contributed by atoms with van der Waals surface area (Å²) in [4.78, 5) is 0. The van der Waals surface area contributed by atoms with Gasteiger partial charge in [0.25, 0.3) is 0 Å². The maximum absolute atomic E-state index is 5.98. The summed E-state index contributed by atoms with van der Waals surface area (Å²) in [5.41, 5.74) is 1.24. The predicted molar refractivity (Wildman–Crippen MR) is 80.1 cm³/mol. The molecule has 2 aliphatic heterocycles. The molecule has 4 heteroatoms. The predicted octanol–water partition coefficient (Wildman–Crippen LogP) is 3.33. The number of hydrogen-bond acceptors (Lipinski definition) is 3. The second-order valence-electron chi connectivity index (χ2n) is 5.96. The van der Waals surface area contributed by atoms with Gasteiger partial charge < -0.3 is 14.8 Å². The molecule has 20 heavy (non-hydrogen) atoms. The van der Waals surface area contributed by atoms with Crippen LogP contribution in [0.1, 0.15) is 37.8 Å². The van der Waals surface area contributed by atoms with Crippen LogP contribution in [0.25, 0.3) is 0 Å². The zero-order valence-corrected chi connectivity index (χ0v) is 12.7. The normalized spacial score (nSPS) is 31.6. The molecule has 1 spiro atoms. The lowest BCUT2D eigenvalue weighted by atomic mass is 9.89. The van der Waals surface area contributed by atoms with Crippen molar-refractivity contribution in [2.45, 2.75) is 43.9 Å². The van der Waals surface area contributed by atoms with E-state index >= 15 is 0 Å². The molecule has 2 unspecified atom stereocenters. The van der Waals surface area contributed by atoms with Crippen molar-refractivity contribution in [2.24, 2.45) is 0 Å². The number of nitrogens with one attached hydrogen (secondary N) is 1. The molecule has 0 saturated carbocycles. The van der Waals surface area contributed by atoms with Crippen LogP contribution >= 0.6 is 11.6 Å². The minimum atomic E-state index is -0.0321. The monoisotopic (exact) mass is 295 g/mol. The van der Waals surface area contributed by atoms with Crippen molar-refractivity contribution < 1.29 is 9.47 Å². The van der Waals surface area contributed by atoms with Crippen LogP contribution in [0.3, 0.4) is 0 Å². The molecule has 3 rings (SSSR count). The molecule has 110 valence electrons. The van der Waals surface area contributed by atoms with Crippen molar-refractivity contribution in [3.05, 3.63) is 34.9 Å². The fraction of sp³-hybridized carbons (Fsp3) is 0.625. The van der Waals surface area contributed by atoms with E-state index in [4.69, 9.17) is 21.1 Å². The molecular weight excluding hydrogens is 274 g/mol. The second-order valence-corrected chi connectivity index (χ2v) is 6.40. The third-order valence-corrected chi connectivity index (χ3v) is 4.67. The summed E-state index contributed by atoms with van der Waals surface area (Å²) in [5.74, 6) is 0. The largest absolute Gasteiger partial charge is 0.378 e. The topological polar surface area (TPSA) is 30.5 Å². The number of halogens is 1. The van der Waals surface area contributed by atoms with Crippen molar-refractivity contribution in [1.82, 2.24) is 5.32 Å². The molecule has 0 aliphatic carbocycles. The molecule has 0 aromatic heterocycles. The first-order chi connectivity index (χ1) is 9.67. The van der Waals surface area contributed by atoms with Crippen LogP contribution in [0.5, 0.6) is 0 Å². The van der Waals surface area contributed by atoms with Crippen LogP contribution < -0.4 is 5.32 Å². The lowest BCUT2D eigenvalue weighted by Crippen LogP contribution is -2.48. The van der Waals surface area contributed by atoms with E-state index in [1.54, 1.807) is 0 Å². The average Bonchev–Trinajstić information content (AvgIpc) is 2.87. The smallest absolute Gasteiger partial charge is 0.0951 e. The Labute approximate surface area is 125 Å². The Kier molecular flexibility index (Phi) is 4.32. The van der Waals surface area contributed by atoms with Gasteiger partial charge >= 0.3 is 0 Å². The second kappa shape index (κ2) is 6.02. The Morgan fingerprint density at radius 1 is 1.30 bits per heavy atom. The Balaban J connectivity index is 1.60.